The SMILES string of the molecule is CCCCC/C=C/C/C=C/C/C=C/CCCCCCC(=O)OC[C@@H](COC(=O)CCCCCCCCC/C=C/CCCCCC)OC(=O)CCCCCC/C=C/C/C=C/C/C=C/CCCCC. The van der Waals surface area contributed by atoms with Crippen LogP contribution >= 0.6 is 0 Å². The highest BCUT2D eigenvalue weighted by molar-refractivity contribution is 5.71. The van der Waals surface area contributed by atoms with Crippen LogP contribution in [0.5, 0.6) is 0 Å². The topological polar surface area (TPSA) is 78.9 Å². The summed E-state index contributed by atoms with van der Waals surface area (Å²) in [6.45, 7) is 6.54. The maximum absolute atomic E-state index is 12.8. The first-order valence-electron chi connectivity index (χ1n) is 28.1. The number of ether oxygens (including phenoxy) is 3. The van der Waals surface area contributed by atoms with Gasteiger partial charge in [0.05, 0.1) is 0 Å². The van der Waals surface area contributed by atoms with Gasteiger partial charge >= 0.3 is 17.9 Å². The minimum absolute atomic E-state index is 0.0954. The van der Waals surface area contributed by atoms with Gasteiger partial charge in [0.2, 0.25) is 0 Å². The Bertz CT molecular complexity index is 1300. The van der Waals surface area contributed by atoms with E-state index in [0.717, 1.165) is 109 Å². The van der Waals surface area contributed by atoms with E-state index in [9.17, 15) is 14.4 Å². The lowest BCUT2D eigenvalue weighted by Crippen LogP contribution is -2.30. The van der Waals surface area contributed by atoms with Crippen LogP contribution < -0.4 is 0 Å². The van der Waals surface area contributed by atoms with E-state index in [-0.39, 0.29) is 31.1 Å². The Labute approximate surface area is 414 Å². The van der Waals surface area contributed by atoms with Crippen LogP contribution in [-0.2, 0) is 28.6 Å². The number of allylic oxidation sites excluding steroid dienone is 14. The van der Waals surface area contributed by atoms with Crippen molar-refractivity contribution in [3.8, 4) is 0 Å². The van der Waals surface area contributed by atoms with Crippen molar-refractivity contribution >= 4 is 17.9 Å². The second-order valence-electron chi connectivity index (χ2n) is 18.5. The Balaban J connectivity index is 4.48. The van der Waals surface area contributed by atoms with Gasteiger partial charge in [0.15, 0.2) is 6.10 Å². The molecule has 0 fully saturated rings. The smallest absolute Gasteiger partial charge is 0.306 e. The molecular formula is C61H104O6. The molecular weight excluding hydrogens is 829 g/mol. The maximum atomic E-state index is 12.8. The average molecular weight is 933 g/mol. The molecule has 0 aromatic rings. The van der Waals surface area contributed by atoms with Gasteiger partial charge in [-0.3, -0.25) is 14.4 Å². The number of hydrogen-bond acceptors (Lipinski definition) is 6. The molecule has 0 aliphatic rings. The Hall–Kier alpha value is -3.41. The zero-order chi connectivity index (χ0) is 48.6. The van der Waals surface area contributed by atoms with Crippen molar-refractivity contribution < 1.29 is 28.6 Å². The normalized spacial score (nSPS) is 12.7. The molecule has 0 spiro atoms. The molecule has 0 rings (SSSR count). The summed E-state index contributed by atoms with van der Waals surface area (Å²) in [5.41, 5.74) is 0. The van der Waals surface area contributed by atoms with E-state index in [1.807, 2.05) is 0 Å². The maximum Gasteiger partial charge on any atom is 0.306 e. The quantitative estimate of drug-likeness (QED) is 0.0262. The van der Waals surface area contributed by atoms with Gasteiger partial charge in [0, 0.05) is 19.3 Å². The minimum Gasteiger partial charge on any atom is -0.462 e. The van der Waals surface area contributed by atoms with Gasteiger partial charge in [0.1, 0.15) is 13.2 Å². The Morgan fingerprint density at radius 2 is 0.537 bits per heavy atom. The van der Waals surface area contributed by atoms with E-state index >= 15 is 0 Å². The molecule has 0 unspecified atom stereocenters. The number of rotatable bonds is 50. The third-order valence-electron chi connectivity index (χ3n) is 11.8. The summed E-state index contributed by atoms with van der Waals surface area (Å²) in [6.07, 6.45) is 71.3. The van der Waals surface area contributed by atoms with Crippen LogP contribution in [0.2, 0.25) is 0 Å². The van der Waals surface area contributed by atoms with Crippen molar-refractivity contribution in [2.75, 3.05) is 13.2 Å². The second kappa shape index (κ2) is 55.2. The molecule has 0 amide bonds. The van der Waals surface area contributed by atoms with Crippen LogP contribution in [-0.4, -0.2) is 37.2 Å². The molecule has 0 bridgehead atoms. The van der Waals surface area contributed by atoms with Crippen molar-refractivity contribution in [2.45, 2.75) is 271 Å². The predicted octanol–water partition coefficient (Wildman–Crippen LogP) is 18.8. The lowest BCUT2D eigenvalue weighted by atomic mass is 10.1. The van der Waals surface area contributed by atoms with Gasteiger partial charge in [-0.05, 0) is 122 Å². The van der Waals surface area contributed by atoms with Gasteiger partial charge < -0.3 is 14.2 Å². The van der Waals surface area contributed by atoms with Gasteiger partial charge in [-0.2, -0.15) is 0 Å². The zero-order valence-corrected chi connectivity index (χ0v) is 43.9. The van der Waals surface area contributed by atoms with Crippen LogP contribution in [0.3, 0.4) is 0 Å². The van der Waals surface area contributed by atoms with Crippen molar-refractivity contribution in [3.05, 3.63) is 85.1 Å². The van der Waals surface area contributed by atoms with Crippen molar-refractivity contribution in [3.63, 3.8) is 0 Å². The Morgan fingerprint density at radius 3 is 0.881 bits per heavy atom. The van der Waals surface area contributed by atoms with Gasteiger partial charge in [-0.1, -0.05) is 209 Å². The first kappa shape index (κ1) is 63.6. The molecule has 6 nitrogen and oxygen atoms in total. The highest BCUT2D eigenvalue weighted by Crippen LogP contribution is 2.14. The van der Waals surface area contributed by atoms with Crippen LogP contribution in [0.25, 0.3) is 0 Å². The van der Waals surface area contributed by atoms with E-state index in [1.165, 1.54) is 116 Å². The van der Waals surface area contributed by atoms with Crippen LogP contribution in [0.15, 0.2) is 85.1 Å². The fourth-order valence-corrected chi connectivity index (χ4v) is 7.57. The number of esters is 3. The molecule has 0 N–H and O–H groups in total. The third-order valence-corrected chi connectivity index (χ3v) is 11.8. The molecule has 0 aliphatic carbocycles. The highest BCUT2D eigenvalue weighted by Gasteiger charge is 2.19. The summed E-state index contributed by atoms with van der Waals surface area (Å²) in [7, 11) is 0. The molecule has 0 heterocycles. The molecule has 0 radical (unpaired) electrons. The minimum atomic E-state index is -0.800. The summed E-state index contributed by atoms with van der Waals surface area (Å²) >= 11 is 0. The summed E-state index contributed by atoms with van der Waals surface area (Å²) in [4.78, 5) is 38.1. The molecule has 0 saturated carbocycles. The number of hydrogen-bond donors (Lipinski definition) is 0. The number of carbonyl (C=O) groups is 3. The highest BCUT2D eigenvalue weighted by atomic mass is 16.6. The summed E-state index contributed by atoms with van der Waals surface area (Å²) in [5, 5.41) is 0. The van der Waals surface area contributed by atoms with E-state index in [0.29, 0.717) is 19.3 Å². The lowest BCUT2D eigenvalue weighted by Gasteiger charge is -2.18. The largest absolute Gasteiger partial charge is 0.462 e. The fraction of sp³-hybridized carbons (Fsp3) is 0.721. The predicted molar refractivity (Wildman–Crippen MR) is 288 cm³/mol. The van der Waals surface area contributed by atoms with Crippen molar-refractivity contribution in [1.82, 2.24) is 0 Å². The Morgan fingerprint density at radius 1 is 0.299 bits per heavy atom. The van der Waals surface area contributed by atoms with Crippen LogP contribution in [0.4, 0.5) is 0 Å². The third kappa shape index (κ3) is 53.4. The summed E-state index contributed by atoms with van der Waals surface area (Å²) in [5.74, 6) is -0.940. The van der Waals surface area contributed by atoms with E-state index < -0.39 is 6.10 Å². The van der Waals surface area contributed by atoms with Crippen molar-refractivity contribution in [1.29, 1.82) is 0 Å². The molecule has 0 aliphatic heterocycles. The molecule has 6 heteroatoms. The Kier molecular flexibility index (Phi) is 52.4. The van der Waals surface area contributed by atoms with Crippen LogP contribution in [0.1, 0.15) is 265 Å². The van der Waals surface area contributed by atoms with Crippen molar-refractivity contribution in [2.24, 2.45) is 0 Å². The second-order valence-corrected chi connectivity index (χ2v) is 18.5. The van der Waals surface area contributed by atoms with E-state index in [2.05, 4.69) is 106 Å². The molecule has 384 valence electrons. The fourth-order valence-electron chi connectivity index (χ4n) is 7.57. The molecule has 0 aromatic carbocycles. The molecule has 67 heavy (non-hydrogen) atoms. The first-order valence-corrected chi connectivity index (χ1v) is 28.1. The van der Waals surface area contributed by atoms with Gasteiger partial charge in [0.25, 0.3) is 0 Å². The lowest BCUT2D eigenvalue weighted by molar-refractivity contribution is -0.167. The molecule has 0 aromatic heterocycles. The van der Waals surface area contributed by atoms with E-state index in [1.54, 1.807) is 0 Å². The van der Waals surface area contributed by atoms with Crippen LogP contribution in [0, 0.1) is 0 Å². The standard InChI is InChI=1S/C61H104O6/c1-4-7-10-13-16-19-22-25-28-30-33-36-39-42-45-48-51-54-60(63)66-57-58(56-65-59(62)53-50-47-44-41-38-35-32-27-24-21-18-15-12-9-6-3)67-61(64)55-52-49-46-43-40-37-34-31-29-26-23-20-17-14-11-8-5-2/h16-17,19-21,24-26,28-29,33-34,36-37,58H,4-15,18,22-23,27,30-32,35,38-57H2,1-3H3/b19-16+,20-17+,24-21+,28-25+,29-26+,36-33+,37-34+/t58-/m1/s1. The molecule has 1 atom stereocenters. The number of unbranched alkanes of at least 4 members (excludes halogenated alkanes) is 25. The first-order chi connectivity index (χ1) is 33.0. The summed E-state index contributed by atoms with van der Waals surface area (Å²) in [6, 6.07) is 0. The van der Waals surface area contributed by atoms with E-state index in [4.69, 9.17) is 14.2 Å². The number of carbonyl (C=O) groups excluding carboxylic acids is 3. The zero-order valence-electron chi connectivity index (χ0n) is 43.9. The van der Waals surface area contributed by atoms with Gasteiger partial charge in [-0.25, -0.2) is 0 Å². The molecule has 0 saturated heterocycles. The van der Waals surface area contributed by atoms with Gasteiger partial charge in [-0.15, -0.1) is 0 Å². The monoisotopic (exact) mass is 933 g/mol. The average Bonchev–Trinajstić information content (AvgIpc) is 3.33. The summed E-state index contributed by atoms with van der Waals surface area (Å²) < 4.78 is 16.8.